The van der Waals surface area contributed by atoms with E-state index in [0.717, 1.165) is 0 Å². The smallest absolute Gasteiger partial charge is 0.305 e. The van der Waals surface area contributed by atoms with Gasteiger partial charge >= 0.3 is 5.69 Å². The summed E-state index contributed by atoms with van der Waals surface area (Å²) in [6.45, 7) is 3.69. The summed E-state index contributed by atoms with van der Waals surface area (Å²) in [6.07, 6.45) is 2.84. The fraction of sp³-hybridized carbons (Fsp3) is 0.250. The lowest BCUT2D eigenvalue weighted by Gasteiger charge is -2.06. The van der Waals surface area contributed by atoms with E-state index in [1.54, 1.807) is 6.08 Å². The molecule has 0 aromatic heterocycles. The zero-order valence-electron chi connectivity index (χ0n) is 9.99. The van der Waals surface area contributed by atoms with E-state index >= 15 is 0 Å². The maximum Gasteiger partial charge on any atom is 0.305 e. The first-order valence-electron chi connectivity index (χ1n) is 5.50. The second kappa shape index (κ2) is 6.58. The Morgan fingerprint density at radius 3 is 2.74 bits per heavy atom. The summed E-state index contributed by atoms with van der Waals surface area (Å²) in [5.41, 5.74) is -1.87. The maximum absolute atomic E-state index is 13.7. The molecular weight excluding hydrogens is 258 g/mol. The molecule has 102 valence electrons. The van der Waals surface area contributed by atoms with Crippen LogP contribution in [0.3, 0.4) is 0 Å². The van der Waals surface area contributed by atoms with Gasteiger partial charge in [-0.25, -0.2) is 4.39 Å². The van der Waals surface area contributed by atoms with Crippen LogP contribution in [0.1, 0.15) is 23.2 Å². The van der Waals surface area contributed by atoms with Gasteiger partial charge in [-0.15, -0.1) is 6.58 Å². The third kappa shape index (κ3) is 3.57. The first-order valence-corrected chi connectivity index (χ1v) is 5.50. The van der Waals surface area contributed by atoms with E-state index in [1.165, 1.54) is 0 Å². The van der Waals surface area contributed by atoms with Gasteiger partial charge in [0.25, 0.3) is 5.91 Å². The summed E-state index contributed by atoms with van der Waals surface area (Å²) in [6, 6.07) is 1.37. The van der Waals surface area contributed by atoms with Gasteiger partial charge < -0.3 is 5.32 Å². The molecular formula is C12H12F2N2O3. The molecule has 0 atom stereocenters. The van der Waals surface area contributed by atoms with E-state index in [1.807, 2.05) is 0 Å². The van der Waals surface area contributed by atoms with Gasteiger partial charge in [0, 0.05) is 12.6 Å². The molecule has 0 radical (unpaired) electrons. The molecule has 1 aromatic rings. The molecule has 0 aliphatic carbocycles. The zero-order valence-corrected chi connectivity index (χ0v) is 9.99. The van der Waals surface area contributed by atoms with Crippen LogP contribution in [-0.2, 0) is 0 Å². The van der Waals surface area contributed by atoms with Gasteiger partial charge in [0.15, 0.2) is 0 Å². The number of hydrogen-bond acceptors (Lipinski definition) is 3. The van der Waals surface area contributed by atoms with Crippen molar-refractivity contribution >= 4 is 11.6 Å². The maximum atomic E-state index is 13.7. The van der Waals surface area contributed by atoms with E-state index in [2.05, 4.69) is 11.9 Å². The van der Waals surface area contributed by atoms with Gasteiger partial charge in [0.1, 0.15) is 11.4 Å². The minimum absolute atomic E-state index is 0.201. The molecule has 0 spiro atoms. The predicted molar refractivity (Wildman–Crippen MR) is 64.8 cm³/mol. The van der Waals surface area contributed by atoms with Gasteiger partial charge in [-0.3, -0.25) is 14.9 Å². The van der Waals surface area contributed by atoms with E-state index in [-0.39, 0.29) is 6.54 Å². The topological polar surface area (TPSA) is 72.2 Å². The Balaban J connectivity index is 2.92. The van der Waals surface area contributed by atoms with Gasteiger partial charge in [-0.2, -0.15) is 4.39 Å². The number of rotatable bonds is 6. The third-order valence-corrected chi connectivity index (χ3v) is 2.37. The van der Waals surface area contributed by atoms with Gasteiger partial charge in [0.2, 0.25) is 5.82 Å². The van der Waals surface area contributed by atoms with E-state index in [4.69, 9.17) is 0 Å². The number of carbonyl (C=O) groups excluding carboxylic acids is 1. The van der Waals surface area contributed by atoms with Crippen molar-refractivity contribution in [1.29, 1.82) is 0 Å². The average Bonchev–Trinajstić information content (AvgIpc) is 2.34. The van der Waals surface area contributed by atoms with Crippen LogP contribution in [-0.4, -0.2) is 17.4 Å². The van der Waals surface area contributed by atoms with E-state index < -0.39 is 33.7 Å². The summed E-state index contributed by atoms with van der Waals surface area (Å²) in [5, 5.41) is 12.8. The van der Waals surface area contributed by atoms with Crippen molar-refractivity contribution < 1.29 is 18.5 Å². The molecule has 0 heterocycles. The second-order valence-electron chi connectivity index (χ2n) is 3.70. The summed E-state index contributed by atoms with van der Waals surface area (Å²) < 4.78 is 27.0. The number of benzene rings is 1. The lowest BCUT2D eigenvalue weighted by Crippen LogP contribution is -2.26. The van der Waals surface area contributed by atoms with Crippen LogP contribution >= 0.6 is 0 Å². The van der Waals surface area contributed by atoms with Crippen LogP contribution in [0.5, 0.6) is 0 Å². The van der Waals surface area contributed by atoms with Crippen LogP contribution in [0.4, 0.5) is 14.5 Å². The molecule has 5 nitrogen and oxygen atoms in total. The molecule has 7 heteroatoms. The van der Waals surface area contributed by atoms with Crippen molar-refractivity contribution in [3.63, 3.8) is 0 Å². The summed E-state index contributed by atoms with van der Waals surface area (Å²) in [4.78, 5) is 21.1. The van der Waals surface area contributed by atoms with Crippen molar-refractivity contribution in [1.82, 2.24) is 5.32 Å². The monoisotopic (exact) mass is 270 g/mol. The second-order valence-corrected chi connectivity index (χ2v) is 3.70. The van der Waals surface area contributed by atoms with E-state index in [0.29, 0.717) is 25.0 Å². The Kier molecular flexibility index (Phi) is 5.11. The Morgan fingerprint density at radius 2 is 2.16 bits per heavy atom. The number of hydrogen-bond donors (Lipinski definition) is 1. The molecule has 1 aromatic carbocycles. The quantitative estimate of drug-likeness (QED) is 0.373. The first-order chi connectivity index (χ1) is 8.99. The van der Waals surface area contributed by atoms with Crippen LogP contribution in [0.25, 0.3) is 0 Å². The lowest BCUT2D eigenvalue weighted by atomic mass is 10.1. The van der Waals surface area contributed by atoms with Crippen LogP contribution in [0.2, 0.25) is 0 Å². The molecule has 1 rings (SSSR count). The highest BCUT2D eigenvalue weighted by Gasteiger charge is 2.25. The van der Waals surface area contributed by atoms with Crippen LogP contribution in [0, 0.1) is 21.7 Å². The largest absolute Gasteiger partial charge is 0.352 e. The number of nitro benzene ring substituents is 1. The Bertz CT molecular complexity index is 518. The number of nitrogens with one attached hydrogen (secondary N) is 1. The molecule has 0 bridgehead atoms. The van der Waals surface area contributed by atoms with Crippen molar-refractivity contribution in [3.8, 4) is 0 Å². The number of amides is 1. The highest BCUT2D eigenvalue weighted by molar-refractivity contribution is 5.95. The fourth-order valence-corrected chi connectivity index (χ4v) is 1.43. The van der Waals surface area contributed by atoms with Crippen LogP contribution in [0.15, 0.2) is 24.8 Å². The Hall–Kier alpha value is -2.31. The lowest BCUT2D eigenvalue weighted by molar-refractivity contribution is -0.387. The van der Waals surface area contributed by atoms with Crippen LogP contribution < -0.4 is 5.32 Å². The number of nitrogens with zero attached hydrogens (tertiary/aromatic N) is 1. The van der Waals surface area contributed by atoms with E-state index in [9.17, 15) is 23.7 Å². The molecule has 0 saturated heterocycles. The molecule has 0 aliphatic rings. The SMILES string of the molecule is C=CCCCNC(=O)c1c(F)ccc([N+](=O)[O-])c1F. The average molecular weight is 270 g/mol. The Labute approximate surface area is 108 Å². The normalized spacial score (nSPS) is 10.0. The molecule has 1 amide bonds. The summed E-state index contributed by atoms with van der Waals surface area (Å²) >= 11 is 0. The minimum Gasteiger partial charge on any atom is -0.352 e. The summed E-state index contributed by atoms with van der Waals surface area (Å²) in [5.74, 6) is -3.61. The van der Waals surface area contributed by atoms with Crippen molar-refractivity contribution in [2.24, 2.45) is 0 Å². The number of allylic oxidation sites excluding steroid dienone is 1. The minimum atomic E-state index is -1.47. The van der Waals surface area contributed by atoms with Gasteiger partial charge in [-0.1, -0.05) is 6.08 Å². The Morgan fingerprint density at radius 1 is 1.47 bits per heavy atom. The van der Waals surface area contributed by atoms with Crippen molar-refractivity contribution in [2.45, 2.75) is 12.8 Å². The number of nitro groups is 1. The standard InChI is InChI=1S/C12H12F2N2O3/c1-2-3-4-7-15-12(17)10-8(13)5-6-9(11(10)14)16(18)19/h2,5-6H,1,3-4,7H2,(H,15,17). The molecule has 0 fully saturated rings. The molecule has 19 heavy (non-hydrogen) atoms. The highest BCUT2D eigenvalue weighted by Crippen LogP contribution is 2.22. The van der Waals surface area contributed by atoms with Crippen molar-refractivity contribution in [2.75, 3.05) is 6.54 Å². The molecule has 1 N–H and O–H groups in total. The highest BCUT2D eigenvalue weighted by atomic mass is 19.1. The van der Waals surface area contributed by atoms with Crippen molar-refractivity contribution in [3.05, 3.63) is 52.1 Å². The molecule has 0 aliphatic heterocycles. The number of carbonyl (C=O) groups is 1. The number of unbranched alkanes of at least 4 members (excludes halogenated alkanes) is 1. The summed E-state index contributed by atoms with van der Waals surface area (Å²) in [7, 11) is 0. The van der Waals surface area contributed by atoms with Gasteiger partial charge in [-0.05, 0) is 18.9 Å². The molecule has 0 unspecified atom stereocenters. The zero-order chi connectivity index (χ0) is 14.4. The molecule has 0 saturated carbocycles. The fourth-order valence-electron chi connectivity index (χ4n) is 1.43. The number of halogens is 2. The van der Waals surface area contributed by atoms with Gasteiger partial charge in [0.05, 0.1) is 4.92 Å². The third-order valence-electron chi connectivity index (χ3n) is 2.37. The first kappa shape index (κ1) is 14.7. The predicted octanol–water partition coefficient (Wildman–Crippen LogP) is 2.57.